The van der Waals surface area contributed by atoms with Crippen LogP contribution in [0.25, 0.3) is 0 Å². The van der Waals surface area contributed by atoms with Crippen molar-refractivity contribution in [1.82, 2.24) is 36.0 Å². The van der Waals surface area contributed by atoms with E-state index in [1.165, 1.54) is 6.08 Å². The van der Waals surface area contributed by atoms with Crippen molar-refractivity contribution < 1.29 is 28.8 Å². The molecular formula is C37H61N7O6. The third-order valence-corrected chi connectivity index (χ3v) is 11.5. The monoisotopic (exact) mass is 699 g/mol. The number of ketones is 1. The fraction of sp³-hybridized carbons (Fsp3) is 0.784. The first-order valence-electron chi connectivity index (χ1n) is 18.6. The maximum absolute atomic E-state index is 14.6. The van der Waals surface area contributed by atoms with Gasteiger partial charge in [-0.2, -0.15) is 0 Å². The molecule has 2 heterocycles. The molecule has 50 heavy (non-hydrogen) atoms. The zero-order chi connectivity index (χ0) is 37.0. The van der Waals surface area contributed by atoms with Crippen molar-refractivity contribution in [1.29, 1.82) is 0 Å². The van der Waals surface area contributed by atoms with Crippen molar-refractivity contribution in [2.45, 2.75) is 117 Å². The first kappa shape index (κ1) is 39.2. The summed E-state index contributed by atoms with van der Waals surface area (Å²) in [6, 6.07) is -3.61. The van der Waals surface area contributed by atoms with E-state index in [-0.39, 0.29) is 59.5 Å². The van der Waals surface area contributed by atoms with Crippen LogP contribution in [0.5, 0.6) is 0 Å². The van der Waals surface area contributed by atoms with Crippen LogP contribution in [0.1, 0.15) is 92.9 Å². The zero-order valence-electron chi connectivity index (χ0n) is 31.3. The minimum absolute atomic E-state index is 0.0666. The molecule has 0 radical (unpaired) electrons. The molecule has 1 unspecified atom stereocenters. The summed E-state index contributed by atoms with van der Waals surface area (Å²) < 4.78 is 0. The topological polar surface area (TPSA) is 160 Å². The van der Waals surface area contributed by atoms with E-state index in [9.17, 15) is 28.8 Å². The second kappa shape index (κ2) is 16.1. The van der Waals surface area contributed by atoms with Crippen molar-refractivity contribution in [3.05, 3.63) is 12.7 Å². The molecule has 0 aromatic rings. The second-order valence-corrected chi connectivity index (χ2v) is 16.5. The van der Waals surface area contributed by atoms with E-state index in [0.717, 1.165) is 38.5 Å². The van der Waals surface area contributed by atoms with Crippen LogP contribution in [0, 0.1) is 28.6 Å². The van der Waals surface area contributed by atoms with Crippen LogP contribution in [0.4, 0.5) is 9.59 Å². The number of nitrogens with one attached hydrogen (secondary N) is 4. The molecule has 2 aliphatic carbocycles. The first-order chi connectivity index (χ1) is 23.5. The maximum Gasteiger partial charge on any atom is 0.319 e. The van der Waals surface area contributed by atoms with Crippen LogP contribution in [0.15, 0.2) is 12.7 Å². The molecule has 280 valence electrons. The SMILES string of the molecule is C=CCNC(=O)C(=O)C(CCC)NC(=O)[C@@H]1[C@@H]2[C@H](CN1C(=O)[C@@H](NC(=O)N[C@H](CN1CCCN(C)C1=O)C(C)(C)C)C1CCCCC1)C2(C)C. The predicted octanol–water partition coefficient (Wildman–Crippen LogP) is 3.05. The Balaban J connectivity index is 1.54. The maximum atomic E-state index is 14.6. The number of hydrogen-bond donors (Lipinski definition) is 4. The fourth-order valence-electron chi connectivity index (χ4n) is 8.26. The number of urea groups is 2. The molecular weight excluding hydrogens is 638 g/mol. The lowest BCUT2D eigenvalue weighted by atomic mass is 9.83. The lowest BCUT2D eigenvalue weighted by Gasteiger charge is -2.40. The van der Waals surface area contributed by atoms with Gasteiger partial charge in [0.15, 0.2) is 0 Å². The number of amides is 7. The highest BCUT2D eigenvalue weighted by molar-refractivity contribution is 6.38. The molecule has 2 saturated heterocycles. The quantitative estimate of drug-likeness (QED) is 0.161. The third-order valence-electron chi connectivity index (χ3n) is 11.5. The molecule has 4 rings (SSSR count). The van der Waals surface area contributed by atoms with Crippen molar-refractivity contribution in [2.24, 2.45) is 28.6 Å². The molecule has 7 amide bonds. The van der Waals surface area contributed by atoms with Gasteiger partial charge in [-0.05, 0) is 54.3 Å². The van der Waals surface area contributed by atoms with Gasteiger partial charge in [-0.25, -0.2) is 9.59 Å². The van der Waals surface area contributed by atoms with Crippen molar-refractivity contribution in [3.8, 4) is 0 Å². The average molecular weight is 700 g/mol. The lowest BCUT2D eigenvalue weighted by Crippen LogP contribution is -2.62. The van der Waals surface area contributed by atoms with E-state index in [1.807, 2.05) is 27.7 Å². The summed E-state index contributed by atoms with van der Waals surface area (Å²) in [5.41, 5.74) is -0.548. The largest absolute Gasteiger partial charge is 0.346 e. The Morgan fingerprint density at radius 3 is 2.30 bits per heavy atom. The van der Waals surface area contributed by atoms with Gasteiger partial charge in [-0.3, -0.25) is 19.2 Å². The molecule has 4 fully saturated rings. The highest BCUT2D eigenvalue weighted by atomic mass is 16.2. The number of Topliss-reactive ketones (excluding diaryl/α,β-unsaturated/α-hetero) is 1. The summed E-state index contributed by atoms with van der Waals surface area (Å²) in [6.07, 6.45) is 7.70. The average Bonchev–Trinajstić information content (AvgIpc) is 3.37. The van der Waals surface area contributed by atoms with Crippen LogP contribution < -0.4 is 21.3 Å². The van der Waals surface area contributed by atoms with Crippen LogP contribution in [-0.2, 0) is 19.2 Å². The summed E-state index contributed by atoms with van der Waals surface area (Å²) in [5, 5.41) is 11.5. The van der Waals surface area contributed by atoms with Gasteiger partial charge < -0.3 is 36.0 Å². The molecule has 0 spiro atoms. The Morgan fingerprint density at radius 2 is 1.68 bits per heavy atom. The Bertz CT molecular complexity index is 1310. The second-order valence-electron chi connectivity index (χ2n) is 16.5. The molecule has 13 heteroatoms. The molecule has 0 bridgehead atoms. The van der Waals surface area contributed by atoms with E-state index in [1.54, 1.807) is 21.7 Å². The number of hydrogen-bond acceptors (Lipinski definition) is 6. The third kappa shape index (κ3) is 8.80. The minimum atomic E-state index is -1.02. The van der Waals surface area contributed by atoms with Gasteiger partial charge in [0, 0.05) is 39.8 Å². The van der Waals surface area contributed by atoms with E-state index >= 15 is 0 Å². The van der Waals surface area contributed by atoms with Crippen LogP contribution in [0.3, 0.4) is 0 Å². The zero-order valence-corrected chi connectivity index (χ0v) is 31.3. The van der Waals surface area contributed by atoms with E-state index in [4.69, 9.17) is 0 Å². The number of rotatable bonds is 14. The smallest absolute Gasteiger partial charge is 0.319 e. The number of piperidine rings is 1. The van der Waals surface area contributed by atoms with E-state index in [0.29, 0.717) is 32.6 Å². The molecule has 2 saturated carbocycles. The Hall–Kier alpha value is -3.64. The molecule has 4 aliphatic rings. The number of carbonyl (C=O) groups excluding carboxylic acids is 6. The van der Waals surface area contributed by atoms with Crippen molar-refractivity contribution >= 4 is 35.6 Å². The Morgan fingerprint density at radius 1 is 1.00 bits per heavy atom. The van der Waals surface area contributed by atoms with E-state index in [2.05, 4.69) is 41.7 Å². The summed E-state index contributed by atoms with van der Waals surface area (Å²) in [6.45, 7) is 17.8. The van der Waals surface area contributed by atoms with Crippen molar-refractivity contribution in [3.63, 3.8) is 0 Å². The van der Waals surface area contributed by atoms with Gasteiger partial charge in [0.25, 0.3) is 5.91 Å². The van der Waals surface area contributed by atoms with E-state index < -0.39 is 41.8 Å². The molecule has 2 aliphatic heterocycles. The predicted molar refractivity (Wildman–Crippen MR) is 191 cm³/mol. The highest BCUT2D eigenvalue weighted by Gasteiger charge is 2.69. The first-order valence-corrected chi connectivity index (χ1v) is 18.6. The van der Waals surface area contributed by atoms with Gasteiger partial charge in [0.05, 0.1) is 12.1 Å². The lowest BCUT2D eigenvalue weighted by molar-refractivity contribution is -0.144. The van der Waals surface area contributed by atoms with Gasteiger partial charge >= 0.3 is 12.1 Å². The highest BCUT2D eigenvalue weighted by Crippen LogP contribution is 2.65. The number of nitrogens with zero attached hydrogens (tertiary/aromatic N) is 3. The van der Waals surface area contributed by atoms with Crippen LogP contribution in [-0.4, -0.2) is 114 Å². The minimum Gasteiger partial charge on any atom is -0.346 e. The number of fused-ring (bicyclic) bond motifs is 1. The fourth-order valence-corrected chi connectivity index (χ4v) is 8.26. The molecule has 13 nitrogen and oxygen atoms in total. The molecule has 6 atom stereocenters. The van der Waals surface area contributed by atoms with Gasteiger partial charge in [-0.1, -0.05) is 73.3 Å². The Labute approximate surface area is 298 Å². The van der Waals surface area contributed by atoms with Crippen molar-refractivity contribution in [2.75, 3.05) is 39.8 Å². The number of carbonyl (C=O) groups is 6. The molecule has 0 aromatic carbocycles. The Kier molecular flexibility index (Phi) is 12.6. The van der Waals surface area contributed by atoms with Crippen LogP contribution >= 0.6 is 0 Å². The standard InChI is InChI=1S/C37H61N7O6/c1-9-15-25(30(45)32(47)38-18-10-2)39-31(46)29-27-24(37(27,6)7)21-44(29)33(48)28(23-16-12-11-13-17-23)41-34(49)40-26(36(3,4)5)22-43-20-14-19-42(8)35(43)50/h10,23-29H,2,9,11-22H2,1,3-8H3,(H,38,47)(H,39,46)(H2,40,41,49)/t24-,25?,26+,27-,28-,29-/m0/s1. The van der Waals surface area contributed by atoms with Gasteiger partial charge in [0.1, 0.15) is 12.1 Å². The van der Waals surface area contributed by atoms with Gasteiger partial charge in [0.2, 0.25) is 17.6 Å². The van der Waals surface area contributed by atoms with Gasteiger partial charge in [-0.15, -0.1) is 6.58 Å². The molecule has 0 aromatic heterocycles. The molecule has 4 N–H and O–H groups in total. The summed E-state index contributed by atoms with van der Waals surface area (Å²) >= 11 is 0. The normalized spacial score (nSPS) is 25.1. The summed E-state index contributed by atoms with van der Waals surface area (Å²) in [5.74, 6) is -2.36. The summed E-state index contributed by atoms with van der Waals surface area (Å²) in [4.78, 5) is 86.1. The summed E-state index contributed by atoms with van der Waals surface area (Å²) in [7, 11) is 1.78. The van der Waals surface area contributed by atoms with Crippen LogP contribution in [0.2, 0.25) is 0 Å². The number of likely N-dealkylation sites (tertiary alicyclic amines) is 1.